The summed E-state index contributed by atoms with van der Waals surface area (Å²) in [5.41, 5.74) is 7.39. The molecule has 2 bridgehead atoms. The zero-order valence-electron chi connectivity index (χ0n) is 10.6. The molecule has 1 aromatic heterocycles. The van der Waals surface area contributed by atoms with E-state index in [1.165, 1.54) is 0 Å². The van der Waals surface area contributed by atoms with Crippen molar-refractivity contribution in [3.63, 3.8) is 0 Å². The number of nitrogens with zero attached hydrogens (tertiary/aromatic N) is 3. The van der Waals surface area contributed by atoms with Crippen LogP contribution < -0.4 is 5.73 Å². The Balaban J connectivity index is 1.91. The molecule has 3 aliphatic heterocycles. The van der Waals surface area contributed by atoms with Crippen LogP contribution in [0, 0.1) is 6.92 Å². The lowest BCUT2D eigenvalue weighted by molar-refractivity contribution is 0.0159. The fourth-order valence-electron chi connectivity index (χ4n) is 2.93. The van der Waals surface area contributed by atoms with E-state index in [1.807, 2.05) is 13.0 Å². The van der Waals surface area contributed by atoms with Gasteiger partial charge in [0.05, 0.1) is 11.6 Å². The predicted molar refractivity (Wildman–Crippen MR) is 69.5 cm³/mol. The van der Waals surface area contributed by atoms with Gasteiger partial charge < -0.3 is 5.73 Å². The molecule has 0 amide bonds. The molecule has 18 heavy (non-hydrogen) atoms. The smallest absolute Gasteiger partial charge is 0.185 e. The second-order valence-electron chi connectivity index (χ2n) is 5.10. The van der Waals surface area contributed by atoms with Crippen molar-refractivity contribution in [2.45, 2.75) is 13.0 Å². The molecule has 1 aromatic rings. The van der Waals surface area contributed by atoms with Crippen LogP contribution in [0.1, 0.15) is 15.9 Å². The number of nitrogens with two attached hydrogens (primary N) is 1. The molecule has 2 N–H and O–H groups in total. The first-order valence-electron chi connectivity index (χ1n) is 6.38. The summed E-state index contributed by atoms with van der Waals surface area (Å²) in [5, 5.41) is 0. The average molecular weight is 246 g/mol. The molecule has 3 aliphatic rings. The first-order valence-corrected chi connectivity index (χ1v) is 6.38. The normalized spacial score (nSPS) is 30.4. The van der Waals surface area contributed by atoms with E-state index >= 15 is 0 Å². The van der Waals surface area contributed by atoms with Crippen LogP contribution in [0.25, 0.3) is 0 Å². The van der Waals surface area contributed by atoms with Crippen LogP contribution in [0.15, 0.2) is 12.3 Å². The number of fused-ring (bicyclic) bond motifs is 3. The maximum Gasteiger partial charge on any atom is 0.185 e. The van der Waals surface area contributed by atoms with Gasteiger partial charge in [-0.25, -0.2) is 4.98 Å². The van der Waals surface area contributed by atoms with Crippen molar-refractivity contribution in [3.8, 4) is 0 Å². The van der Waals surface area contributed by atoms with Crippen LogP contribution in [-0.2, 0) is 0 Å². The second kappa shape index (κ2) is 4.33. The number of carbonyl (C=O) groups is 1. The summed E-state index contributed by atoms with van der Waals surface area (Å²) in [4.78, 5) is 21.3. The van der Waals surface area contributed by atoms with Crippen molar-refractivity contribution >= 4 is 11.6 Å². The first kappa shape index (κ1) is 11.6. The number of nitrogen functional groups attached to an aromatic ring is 1. The third-order valence-corrected chi connectivity index (χ3v) is 4.02. The zero-order chi connectivity index (χ0) is 12.7. The molecule has 96 valence electrons. The number of anilines is 1. The van der Waals surface area contributed by atoms with Crippen LogP contribution >= 0.6 is 0 Å². The highest BCUT2D eigenvalue weighted by Crippen LogP contribution is 2.23. The lowest BCUT2D eigenvalue weighted by atomic mass is 9.96. The first-order chi connectivity index (χ1) is 8.66. The number of ketones is 1. The van der Waals surface area contributed by atoms with E-state index in [2.05, 4.69) is 14.8 Å². The van der Waals surface area contributed by atoms with Gasteiger partial charge in [-0.1, -0.05) is 0 Å². The van der Waals surface area contributed by atoms with Gasteiger partial charge in [-0.05, 0) is 18.6 Å². The van der Waals surface area contributed by atoms with Crippen molar-refractivity contribution in [2.24, 2.45) is 0 Å². The topological polar surface area (TPSA) is 62.5 Å². The Bertz CT molecular complexity index is 460. The van der Waals surface area contributed by atoms with Crippen LogP contribution in [0.4, 0.5) is 5.82 Å². The summed E-state index contributed by atoms with van der Waals surface area (Å²) in [6.07, 6.45) is 1.65. The predicted octanol–water partition coefficient (Wildman–Crippen LogP) is 0.155. The Hall–Kier alpha value is -1.46. The Morgan fingerprint density at radius 1 is 1.39 bits per heavy atom. The van der Waals surface area contributed by atoms with Crippen molar-refractivity contribution < 1.29 is 4.79 Å². The number of aryl methyl sites for hydroxylation is 1. The van der Waals surface area contributed by atoms with Crippen molar-refractivity contribution in [1.29, 1.82) is 0 Å². The molecule has 0 saturated carbocycles. The number of hydrogen-bond donors (Lipinski definition) is 1. The fourth-order valence-corrected chi connectivity index (χ4v) is 2.93. The number of piperazine rings is 3. The molecule has 4 heterocycles. The summed E-state index contributed by atoms with van der Waals surface area (Å²) in [5.74, 6) is 0.486. The lowest BCUT2D eigenvalue weighted by Gasteiger charge is -2.46. The van der Waals surface area contributed by atoms with Gasteiger partial charge in [-0.15, -0.1) is 0 Å². The zero-order valence-corrected chi connectivity index (χ0v) is 10.6. The molecule has 1 atom stereocenters. The minimum absolute atomic E-state index is 0.0438. The number of aromatic nitrogens is 1. The Morgan fingerprint density at radius 3 is 2.67 bits per heavy atom. The number of Topliss-reactive ketones (excluding diaryl/α,β-unsaturated/α-hetero) is 1. The molecule has 0 aliphatic carbocycles. The SMILES string of the molecule is Cc1ccnc(N)c1C(=O)C1CN2CCN1CC2. The van der Waals surface area contributed by atoms with Gasteiger partial charge in [0, 0.05) is 38.9 Å². The van der Waals surface area contributed by atoms with E-state index in [-0.39, 0.29) is 11.8 Å². The molecule has 0 spiro atoms. The third kappa shape index (κ3) is 1.79. The standard InChI is InChI=1S/C13H18N4O/c1-9-2-3-15-13(14)11(9)12(18)10-8-16-4-6-17(10)7-5-16/h2-3,10H,4-8H2,1H3,(H2,14,15). The highest BCUT2D eigenvalue weighted by Gasteiger charge is 2.37. The molecule has 3 saturated heterocycles. The van der Waals surface area contributed by atoms with Gasteiger partial charge in [0.15, 0.2) is 5.78 Å². The van der Waals surface area contributed by atoms with E-state index in [0.717, 1.165) is 38.3 Å². The minimum Gasteiger partial charge on any atom is -0.383 e. The Kier molecular flexibility index (Phi) is 2.80. The van der Waals surface area contributed by atoms with Crippen LogP contribution in [-0.4, -0.2) is 59.3 Å². The van der Waals surface area contributed by atoms with Gasteiger partial charge in [-0.2, -0.15) is 0 Å². The summed E-state index contributed by atoms with van der Waals surface area (Å²) in [6.45, 7) is 6.86. The fraction of sp³-hybridized carbons (Fsp3) is 0.538. The molecule has 1 unspecified atom stereocenters. The molecule has 0 radical (unpaired) electrons. The lowest BCUT2D eigenvalue weighted by Crippen LogP contribution is -2.63. The highest BCUT2D eigenvalue weighted by atomic mass is 16.1. The summed E-state index contributed by atoms with van der Waals surface area (Å²) >= 11 is 0. The van der Waals surface area contributed by atoms with E-state index in [4.69, 9.17) is 5.73 Å². The summed E-state index contributed by atoms with van der Waals surface area (Å²) < 4.78 is 0. The van der Waals surface area contributed by atoms with Gasteiger partial charge in [-0.3, -0.25) is 14.6 Å². The average Bonchev–Trinajstić information content (AvgIpc) is 2.39. The van der Waals surface area contributed by atoms with E-state index in [0.29, 0.717) is 11.4 Å². The molecule has 5 heteroatoms. The monoisotopic (exact) mass is 246 g/mol. The van der Waals surface area contributed by atoms with Gasteiger partial charge >= 0.3 is 0 Å². The van der Waals surface area contributed by atoms with Crippen molar-refractivity contribution in [2.75, 3.05) is 38.5 Å². The number of pyridine rings is 1. The second-order valence-corrected chi connectivity index (χ2v) is 5.10. The molecule has 3 fully saturated rings. The quantitative estimate of drug-likeness (QED) is 0.753. The molecule has 0 aromatic carbocycles. The van der Waals surface area contributed by atoms with Crippen LogP contribution in [0.5, 0.6) is 0 Å². The van der Waals surface area contributed by atoms with Crippen molar-refractivity contribution in [3.05, 3.63) is 23.4 Å². The molecule has 5 nitrogen and oxygen atoms in total. The van der Waals surface area contributed by atoms with E-state index in [1.54, 1.807) is 6.20 Å². The number of carbonyl (C=O) groups excluding carboxylic acids is 1. The molecule has 4 rings (SSSR count). The van der Waals surface area contributed by atoms with Gasteiger partial charge in [0.25, 0.3) is 0 Å². The van der Waals surface area contributed by atoms with Gasteiger partial charge in [0.1, 0.15) is 5.82 Å². The Morgan fingerprint density at radius 2 is 2.11 bits per heavy atom. The largest absolute Gasteiger partial charge is 0.383 e. The Labute approximate surface area is 107 Å². The summed E-state index contributed by atoms with van der Waals surface area (Å²) in [6, 6.07) is 1.80. The molecular weight excluding hydrogens is 228 g/mol. The molecular formula is C13H18N4O. The number of hydrogen-bond acceptors (Lipinski definition) is 5. The highest BCUT2D eigenvalue weighted by molar-refractivity contribution is 6.05. The summed E-state index contributed by atoms with van der Waals surface area (Å²) in [7, 11) is 0. The number of rotatable bonds is 2. The maximum absolute atomic E-state index is 12.6. The van der Waals surface area contributed by atoms with Gasteiger partial charge in [0.2, 0.25) is 0 Å². The van der Waals surface area contributed by atoms with E-state index in [9.17, 15) is 4.79 Å². The van der Waals surface area contributed by atoms with E-state index < -0.39 is 0 Å². The third-order valence-electron chi connectivity index (χ3n) is 4.02. The van der Waals surface area contributed by atoms with Crippen molar-refractivity contribution in [1.82, 2.24) is 14.8 Å². The van der Waals surface area contributed by atoms with Crippen LogP contribution in [0.2, 0.25) is 0 Å². The maximum atomic E-state index is 12.6. The minimum atomic E-state index is -0.0438. The van der Waals surface area contributed by atoms with Crippen LogP contribution in [0.3, 0.4) is 0 Å².